The zero-order chi connectivity index (χ0) is 15.6. The third-order valence-corrected chi connectivity index (χ3v) is 4.20. The normalized spacial score (nSPS) is 12.9. The van der Waals surface area contributed by atoms with E-state index in [2.05, 4.69) is 0 Å². The minimum atomic E-state index is -4.80. The Morgan fingerprint density at radius 1 is 1.30 bits per heavy atom. The van der Waals surface area contributed by atoms with Gasteiger partial charge in [0.1, 0.15) is 17.3 Å². The number of benzene rings is 1. The SMILES string of the molecule is Nc1ccc(F)cc1S(=O)(=O)N(CCO)CC(F)(F)F. The average molecular weight is 316 g/mol. The second kappa shape index (κ2) is 5.94. The summed E-state index contributed by atoms with van der Waals surface area (Å²) in [5, 5.41) is 8.69. The number of hydrogen-bond acceptors (Lipinski definition) is 4. The molecule has 0 heterocycles. The lowest BCUT2D eigenvalue weighted by molar-refractivity contribution is -0.136. The molecule has 0 unspecified atom stereocenters. The molecule has 0 saturated carbocycles. The molecule has 0 aliphatic carbocycles. The molecule has 1 aromatic rings. The van der Waals surface area contributed by atoms with Crippen LogP contribution in [-0.4, -0.2) is 43.7 Å². The maximum absolute atomic E-state index is 13.1. The summed E-state index contributed by atoms with van der Waals surface area (Å²) in [4.78, 5) is -0.768. The minimum Gasteiger partial charge on any atom is -0.398 e. The number of hydrogen-bond donors (Lipinski definition) is 2. The average Bonchev–Trinajstić information content (AvgIpc) is 2.30. The number of anilines is 1. The van der Waals surface area contributed by atoms with Gasteiger partial charge in [0.15, 0.2) is 0 Å². The van der Waals surface area contributed by atoms with Crippen molar-refractivity contribution in [3.63, 3.8) is 0 Å². The number of nitrogens with zero attached hydrogens (tertiary/aromatic N) is 1. The predicted molar refractivity (Wildman–Crippen MR) is 62.7 cm³/mol. The van der Waals surface area contributed by atoms with Gasteiger partial charge < -0.3 is 10.8 Å². The van der Waals surface area contributed by atoms with Crippen molar-refractivity contribution in [3.05, 3.63) is 24.0 Å². The highest BCUT2D eigenvalue weighted by Gasteiger charge is 2.37. The Morgan fingerprint density at radius 3 is 2.40 bits per heavy atom. The quantitative estimate of drug-likeness (QED) is 0.626. The van der Waals surface area contributed by atoms with Crippen molar-refractivity contribution in [2.45, 2.75) is 11.1 Å². The molecule has 20 heavy (non-hydrogen) atoms. The summed E-state index contributed by atoms with van der Waals surface area (Å²) < 4.78 is 74.2. The Labute approximate surface area is 112 Å². The molecule has 1 rings (SSSR count). The third-order valence-electron chi connectivity index (χ3n) is 2.30. The topological polar surface area (TPSA) is 83.6 Å². The monoisotopic (exact) mass is 316 g/mol. The molecule has 10 heteroatoms. The molecule has 3 N–H and O–H groups in total. The maximum Gasteiger partial charge on any atom is 0.402 e. The van der Waals surface area contributed by atoms with E-state index in [1.807, 2.05) is 0 Å². The minimum absolute atomic E-state index is 0.00185. The van der Waals surface area contributed by atoms with E-state index >= 15 is 0 Å². The summed E-state index contributed by atoms with van der Waals surface area (Å²) in [5.74, 6) is -0.950. The molecule has 0 spiro atoms. The maximum atomic E-state index is 13.1. The fraction of sp³-hybridized carbons (Fsp3) is 0.400. The first-order valence-electron chi connectivity index (χ1n) is 5.30. The molecule has 5 nitrogen and oxygen atoms in total. The van der Waals surface area contributed by atoms with Crippen molar-refractivity contribution in [1.82, 2.24) is 4.31 Å². The number of nitrogen functional groups attached to an aromatic ring is 1. The molecule has 0 aromatic heterocycles. The largest absolute Gasteiger partial charge is 0.402 e. The summed E-state index contributed by atoms with van der Waals surface area (Å²) in [7, 11) is -4.66. The Bertz CT molecular complexity index is 574. The van der Waals surface area contributed by atoms with Gasteiger partial charge in [-0.3, -0.25) is 0 Å². The van der Waals surface area contributed by atoms with Gasteiger partial charge >= 0.3 is 6.18 Å². The Kier molecular flexibility index (Phi) is 4.95. The zero-order valence-electron chi connectivity index (χ0n) is 10.1. The van der Waals surface area contributed by atoms with Crippen LogP contribution >= 0.6 is 0 Å². The number of aliphatic hydroxyl groups is 1. The predicted octanol–water partition coefficient (Wildman–Crippen LogP) is 0.953. The van der Waals surface area contributed by atoms with E-state index in [0.29, 0.717) is 6.07 Å². The molecule has 0 atom stereocenters. The van der Waals surface area contributed by atoms with Crippen LogP contribution < -0.4 is 5.73 Å². The number of aliphatic hydroxyl groups excluding tert-OH is 1. The van der Waals surface area contributed by atoms with E-state index in [-0.39, 0.29) is 9.99 Å². The van der Waals surface area contributed by atoms with E-state index in [1.165, 1.54) is 0 Å². The highest BCUT2D eigenvalue weighted by molar-refractivity contribution is 7.89. The first kappa shape index (κ1) is 16.7. The van der Waals surface area contributed by atoms with Crippen LogP contribution in [0.4, 0.5) is 23.2 Å². The van der Waals surface area contributed by atoms with Crippen LogP contribution in [0.15, 0.2) is 23.1 Å². The van der Waals surface area contributed by atoms with Crippen molar-refractivity contribution >= 4 is 15.7 Å². The molecule has 0 aliphatic heterocycles. The number of nitrogens with two attached hydrogens (primary N) is 1. The van der Waals surface area contributed by atoms with Crippen LogP contribution in [-0.2, 0) is 10.0 Å². The summed E-state index contributed by atoms with van der Waals surface area (Å²) >= 11 is 0. The highest BCUT2D eigenvalue weighted by Crippen LogP contribution is 2.26. The molecule has 0 radical (unpaired) electrons. The Hall–Kier alpha value is -1.39. The molecular formula is C10H12F4N2O3S. The second-order valence-corrected chi connectivity index (χ2v) is 5.77. The van der Waals surface area contributed by atoms with E-state index in [0.717, 1.165) is 12.1 Å². The van der Waals surface area contributed by atoms with Crippen molar-refractivity contribution < 1.29 is 31.1 Å². The standard InChI is InChI=1S/C10H12F4N2O3S/c11-7-1-2-8(15)9(5-7)20(18,19)16(3-4-17)6-10(12,13)14/h1-2,5,17H,3-4,6,15H2. The van der Waals surface area contributed by atoms with Crippen molar-refractivity contribution in [2.24, 2.45) is 0 Å². The van der Waals surface area contributed by atoms with Crippen molar-refractivity contribution in [2.75, 3.05) is 25.4 Å². The lowest BCUT2D eigenvalue weighted by Gasteiger charge is -2.23. The summed E-state index contributed by atoms with van der Waals surface area (Å²) in [6.45, 7) is -3.39. The number of alkyl halides is 3. The Morgan fingerprint density at radius 2 is 1.90 bits per heavy atom. The molecule has 114 valence electrons. The molecule has 0 saturated heterocycles. The highest BCUT2D eigenvalue weighted by atomic mass is 32.2. The van der Waals surface area contributed by atoms with E-state index < -0.39 is 46.6 Å². The Balaban J connectivity index is 3.26. The van der Waals surface area contributed by atoms with Crippen LogP contribution in [0.3, 0.4) is 0 Å². The molecular weight excluding hydrogens is 304 g/mol. The van der Waals surface area contributed by atoms with Gasteiger partial charge in [-0.2, -0.15) is 17.5 Å². The van der Waals surface area contributed by atoms with Gasteiger partial charge in [0.25, 0.3) is 0 Å². The first-order chi connectivity index (χ1) is 9.08. The van der Waals surface area contributed by atoms with Gasteiger partial charge in [-0.15, -0.1) is 0 Å². The fourth-order valence-electron chi connectivity index (χ4n) is 1.47. The van der Waals surface area contributed by atoms with Crippen LogP contribution in [0.5, 0.6) is 0 Å². The second-order valence-electron chi connectivity index (χ2n) is 3.86. The summed E-state index contributed by atoms with van der Waals surface area (Å²) in [6, 6.07) is 2.35. The van der Waals surface area contributed by atoms with Crippen LogP contribution in [0, 0.1) is 5.82 Å². The molecule has 0 bridgehead atoms. The van der Waals surface area contributed by atoms with Gasteiger partial charge in [-0.25, -0.2) is 12.8 Å². The third kappa shape index (κ3) is 4.05. The van der Waals surface area contributed by atoms with E-state index in [1.54, 1.807) is 0 Å². The number of halogens is 4. The smallest absolute Gasteiger partial charge is 0.398 e. The van der Waals surface area contributed by atoms with Gasteiger partial charge in [0.05, 0.1) is 12.3 Å². The fourth-order valence-corrected chi connectivity index (χ4v) is 3.01. The zero-order valence-corrected chi connectivity index (χ0v) is 10.9. The lowest BCUT2D eigenvalue weighted by atomic mass is 10.3. The molecule has 0 amide bonds. The first-order valence-corrected chi connectivity index (χ1v) is 6.74. The summed E-state index contributed by atoms with van der Waals surface area (Å²) in [6.07, 6.45) is -4.80. The van der Waals surface area contributed by atoms with Crippen molar-refractivity contribution in [1.29, 1.82) is 0 Å². The van der Waals surface area contributed by atoms with Gasteiger partial charge in [-0.1, -0.05) is 0 Å². The van der Waals surface area contributed by atoms with E-state index in [9.17, 15) is 26.0 Å². The van der Waals surface area contributed by atoms with E-state index in [4.69, 9.17) is 10.8 Å². The van der Waals surface area contributed by atoms with Crippen molar-refractivity contribution in [3.8, 4) is 0 Å². The van der Waals surface area contributed by atoms with Crippen LogP contribution in [0.2, 0.25) is 0 Å². The van der Waals surface area contributed by atoms with Crippen LogP contribution in [0.25, 0.3) is 0 Å². The van der Waals surface area contributed by atoms with Gasteiger partial charge in [-0.05, 0) is 18.2 Å². The number of sulfonamides is 1. The van der Waals surface area contributed by atoms with Gasteiger partial charge in [0.2, 0.25) is 10.0 Å². The summed E-state index contributed by atoms with van der Waals surface area (Å²) in [5.41, 5.74) is 4.98. The molecule has 0 fully saturated rings. The molecule has 1 aromatic carbocycles. The lowest BCUT2D eigenvalue weighted by Crippen LogP contribution is -2.40. The van der Waals surface area contributed by atoms with Crippen LogP contribution in [0.1, 0.15) is 0 Å². The molecule has 0 aliphatic rings. The van der Waals surface area contributed by atoms with Gasteiger partial charge in [0, 0.05) is 6.54 Å². The number of rotatable bonds is 5.